The Kier molecular flexibility index (Phi) is 2.74. The smallest absolute Gasteiger partial charge is 0.407 e. The second-order valence-corrected chi connectivity index (χ2v) is 3.25. The maximum atomic E-state index is 10.7. The van der Waals surface area contributed by atoms with Crippen LogP contribution in [0.5, 0.6) is 0 Å². The van der Waals surface area contributed by atoms with E-state index in [1.165, 1.54) is 13.5 Å². The molecule has 1 amide bonds. The molecule has 0 radical (unpaired) electrons. The minimum absolute atomic E-state index is 0.302. The lowest BCUT2D eigenvalue weighted by Crippen LogP contribution is -2.32. The van der Waals surface area contributed by atoms with Gasteiger partial charge in [-0.2, -0.15) is 0 Å². The molecule has 1 aliphatic carbocycles. The molecule has 0 aliphatic heterocycles. The third-order valence-electron chi connectivity index (χ3n) is 2.20. The van der Waals surface area contributed by atoms with Crippen LogP contribution < -0.4 is 5.32 Å². The maximum absolute atomic E-state index is 10.7. The van der Waals surface area contributed by atoms with Crippen molar-refractivity contribution in [3.8, 4) is 0 Å². The van der Waals surface area contributed by atoms with E-state index in [9.17, 15) is 4.79 Å². The summed E-state index contributed by atoms with van der Waals surface area (Å²) >= 11 is 0. The van der Waals surface area contributed by atoms with Crippen molar-refractivity contribution in [2.75, 3.05) is 7.11 Å². The predicted molar refractivity (Wildman–Crippen MR) is 42.3 cm³/mol. The summed E-state index contributed by atoms with van der Waals surface area (Å²) in [5.74, 6) is 0.747. The molecule has 1 aliphatic rings. The third kappa shape index (κ3) is 2.41. The van der Waals surface area contributed by atoms with Gasteiger partial charge in [0.25, 0.3) is 0 Å². The second kappa shape index (κ2) is 3.60. The number of nitrogens with one attached hydrogen (secondary N) is 1. The van der Waals surface area contributed by atoms with Crippen LogP contribution in [0.4, 0.5) is 4.79 Å². The van der Waals surface area contributed by atoms with Crippen molar-refractivity contribution in [3.05, 3.63) is 0 Å². The SMILES string of the molecule is COC(=O)NC1CCC(C)C1. The minimum atomic E-state index is -0.302. The molecular formula is C8H15NO2. The van der Waals surface area contributed by atoms with Gasteiger partial charge in [0.1, 0.15) is 0 Å². The molecule has 64 valence electrons. The molecule has 3 heteroatoms. The summed E-state index contributed by atoms with van der Waals surface area (Å²) in [6.07, 6.45) is 3.10. The Morgan fingerprint density at radius 2 is 2.27 bits per heavy atom. The Morgan fingerprint density at radius 3 is 2.73 bits per heavy atom. The first-order valence-corrected chi connectivity index (χ1v) is 4.07. The zero-order chi connectivity index (χ0) is 8.27. The first kappa shape index (κ1) is 8.37. The van der Waals surface area contributed by atoms with E-state index in [0.717, 1.165) is 18.8 Å². The summed E-state index contributed by atoms with van der Waals surface area (Å²) in [5.41, 5.74) is 0. The number of hydrogen-bond donors (Lipinski definition) is 1. The summed E-state index contributed by atoms with van der Waals surface area (Å²) in [7, 11) is 1.40. The van der Waals surface area contributed by atoms with Gasteiger partial charge in [-0.1, -0.05) is 6.92 Å². The zero-order valence-corrected chi connectivity index (χ0v) is 7.09. The quantitative estimate of drug-likeness (QED) is 0.627. The molecule has 0 heterocycles. The Morgan fingerprint density at radius 1 is 1.55 bits per heavy atom. The Labute approximate surface area is 67.1 Å². The van der Waals surface area contributed by atoms with Crippen LogP contribution >= 0.6 is 0 Å². The Bertz CT molecular complexity index is 147. The van der Waals surface area contributed by atoms with Gasteiger partial charge in [-0.05, 0) is 25.2 Å². The van der Waals surface area contributed by atoms with Gasteiger partial charge in [0.05, 0.1) is 7.11 Å². The van der Waals surface area contributed by atoms with Gasteiger partial charge in [-0.25, -0.2) is 4.79 Å². The number of ether oxygens (including phenoxy) is 1. The molecular weight excluding hydrogens is 142 g/mol. The van der Waals surface area contributed by atoms with Gasteiger partial charge in [-0.3, -0.25) is 0 Å². The molecule has 1 rings (SSSR count). The molecule has 2 atom stereocenters. The van der Waals surface area contributed by atoms with Gasteiger partial charge in [-0.15, -0.1) is 0 Å². The number of hydrogen-bond acceptors (Lipinski definition) is 2. The largest absolute Gasteiger partial charge is 0.453 e. The molecule has 2 unspecified atom stereocenters. The van der Waals surface area contributed by atoms with E-state index in [2.05, 4.69) is 17.0 Å². The monoisotopic (exact) mass is 157 g/mol. The lowest BCUT2D eigenvalue weighted by atomic mass is 10.1. The lowest BCUT2D eigenvalue weighted by Gasteiger charge is -2.10. The van der Waals surface area contributed by atoms with Crippen molar-refractivity contribution in [1.29, 1.82) is 0 Å². The standard InChI is InChI=1S/C8H15NO2/c1-6-3-4-7(5-6)9-8(10)11-2/h6-7H,3-5H2,1-2H3,(H,9,10). The summed E-state index contributed by atoms with van der Waals surface area (Å²) < 4.78 is 4.50. The van der Waals surface area contributed by atoms with Gasteiger partial charge in [0, 0.05) is 6.04 Å². The van der Waals surface area contributed by atoms with Crippen molar-refractivity contribution >= 4 is 6.09 Å². The van der Waals surface area contributed by atoms with Crippen molar-refractivity contribution < 1.29 is 9.53 Å². The van der Waals surface area contributed by atoms with Crippen LogP contribution in [-0.4, -0.2) is 19.2 Å². The van der Waals surface area contributed by atoms with E-state index in [4.69, 9.17) is 0 Å². The van der Waals surface area contributed by atoms with Gasteiger partial charge in [0.2, 0.25) is 0 Å². The fourth-order valence-electron chi connectivity index (χ4n) is 1.56. The number of rotatable bonds is 1. The van der Waals surface area contributed by atoms with Crippen LogP contribution in [0, 0.1) is 5.92 Å². The number of carbonyl (C=O) groups is 1. The highest BCUT2D eigenvalue weighted by molar-refractivity contribution is 5.67. The van der Waals surface area contributed by atoms with Crippen LogP contribution in [0.15, 0.2) is 0 Å². The first-order chi connectivity index (χ1) is 5.22. The normalized spacial score (nSPS) is 30.0. The molecule has 0 bridgehead atoms. The minimum Gasteiger partial charge on any atom is -0.453 e. The molecule has 3 nitrogen and oxygen atoms in total. The number of methoxy groups -OCH3 is 1. The fraction of sp³-hybridized carbons (Fsp3) is 0.875. The predicted octanol–water partition coefficient (Wildman–Crippen LogP) is 1.53. The molecule has 0 spiro atoms. The molecule has 1 N–H and O–H groups in total. The average molecular weight is 157 g/mol. The van der Waals surface area contributed by atoms with Crippen molar-refractivity contribution in [3.63, 3.8) is 0 Å². The highest BCUT2D eigenvalue weighted by atomic mass is 16.5. The molecule has 0 saturated heterocycles. The summed E-state index contributed by atoms with van der Waals surface area (Å²) in [4.78, 5) is 10.7. The van der Waals surface area contributed by atoms with E-state index in [-0.39, 0.29) is 6.09 Å². The van der Waals surface area contributed by atoms with Gasteiger partial charge < -0.3 is 10.1 Å². The number of amides is 1. The first-order valence-electron chi connectivity index (χ1n) is 4.07. The molecule has 0 aromatic rings. The fourth-order valence-corrected chi connectivity index (χ4v) is 1.56. The zero-order valence-electron chi connectivity index (χ0n) is 7.09. The second-order valence-electron chi connectivity index (χ2n) is 3.25. The van der Waals surface area contributed by atoms with Crippen LogP contribution in [-0.2, 0) is 4.74 Å². The van der Waals surface area contributed by atoms with Crippen LogP contribution in [0.25, 0.3) is 0 Å². The van der Waals surface area contributed by atoms with Crippen LogP contribution in [0.2, 0.25) is 0 Å². The number of alkyl carbamates (subject to hydrolysis) is 1. The number of carbonyl (C=O) groups excluding carboxylic acids is 1. The van der Waals surface area contributed by atoms with Crippen molar-refractivity contribution in [2.24, 2.45) is 5.92 Å². The molecule has 0 aromatic carbocycles. The summed E-state index contributed by atoms with van der Waals surface area (Å²) in [6.45, 7) is 2.21. The third-order valence-corrected chi connectivity index (χ3v) is 2.20. The Hall–Kier alpha value is -0.730. The lowest BCUT2D eigenvalue weighted by molar-refractivity contribution is 0.166. The maximum Gasteiger partial charge on any atom is 0.407 e. The van der Waals surface area contributed by atoms with E-state index < -0.39 is 0 Å². The van der Waals surface area contributed by atoms with Crippen LogP contribution in [0.3, 0.4) is 0 Å². The highest BCUT2D eigenvalue weighted by Crippen LogP contribution is 2.24. The van der Waals surface area contributed by atoms with Gasteiger partial charge in [0.15, 0.2) is 0 Å². The van der Waals surface area contributed by atoms with Crippen molar-refractivity contribution in [2.45, 2.75) is 32.2 Å². The average Bonchev–Trinajstić information content (AvgIpc) is 2.35. The molecule has 11 heavy (non-hydrogen) atoms. The van der Waals surface area contributed by atoms with Gasteiger partial charge >= 0.3 is 6.09 Å². The summed E-state index contributed by atoms with van der Waals surface area (Å²) in [6, 6.07) is 0.345. The van der Waals surface area contributed by atoms with E-state index in [1.54, 1.807) is 0 Å². The molecule has 1 saturated carbocycles. The van der Waals surface area contributed by atoms with E-state index in [0.29, 0.717) is 6.04 Å². The molecule has 1 fully saturated rings. The van der Waals surface area contributed by atoms with E-state index in [1.807, 2.05) is 0 Å². The van der Waals surface area contributed by atoms with Crippen LogP contribution in [0.1, 0.15) is 26.2 Å². The van der Waals surface area contributed by atoms with E-state index >= 15 is 0 Å². The Balaban J connectivity index is 2.23. The molecule has 0 aromatic heterocycles. The highest BCUT2D eigenvalue weighted by Gasteiger charge is 2.22. The topological polar surface area (TPSA) is 38.3 Å². The summed E-state index contributed by atoms with van der Waals surface area (Å²) in [5, 5.41) is 2.80. The van der Waals surface area contributed by atoms with Crippen molar-refractivity contribution in [1.82, 2.24) is 5.32 Å².